The monoisotopic (exact) mass is 376 g/mol. The fourth-order valence-corrected chi connectivity index (χ4v) is 2.71. The molecule has 1 heterocycles. The van der Waals surface area contributed by atoms with Gasteiger partial charge in [-0.15, -0.1) is 10.2 Å². The highest BCUT2D eigenvalue weighted by Gasteiger charge is 2.37. The normalized spacial score (nSPS) is 11.4. The van der Waals surface area contributed by atoms with Crippen molar-refractivity contribution in [3.8, 4) is 0 Å². The van der Waals surface area contributed by atoms with E-state index in [-0.39, 0.29) is 22.2 Å². The number of nitrogens with zero attached hydrogens (tertiary/aromatic N) is 3. The quantitative estimate of drug-likeness (QED) is 0.493. The Kier molecular flexibility index (Phi) is 5.45. The maximum atomic E-state index is 14.0. The number of hydrogen-bond donors (Lipinski definition) is 1. The summed E-state index contributed by atoms with van der Waals surface area (Å²) in [7, 11) is 1.12. The second-order valence-electron chi connectivity index (χ2n) is 4.95. The summed E-state index contributed by atoms with van der Waals surface area (Å²) < 4.78 is 52.6. The van der Waals surface area contributed by atoms with E-state index in [0.717, 1.165) is 13.1 Å². The molecule has 2 rings (SSSR count). The van der Waals surface area contributed by atoms with Crippen LogP contribution in [-0.4, -0.2) is 32.2 Å². The first-order valence-corrected chi connectivity index (χ1v) is 7.78. The zero-order valence-electron chi connectivity index (χ0n) is 13.0. The molecule has 0 saturated heterocycles. The Morgan fingerprint density at radius 1 is 1.28 bits per heavy atom. The lowest BCUT2D eigenvalue weighted by atomic mass is 10.1. The van der Waals surface area contributed by atoms with Crippen LogP contribution < -0.4 is 5.32 Å². The molecule has 1 aromatic carbocycles. The Balaban J connectivity index is 2.08. The molecule has 0 fully saturated rings. The molecule has 25 heavy (non-hydrogen) atoms. The Morgan fingerprint density at radius 3 is 2.48 bits per heavy atom. The molecule has 0 aliphatic carbocycles. The van der Waals surface area contributed by atoms with Gasteiger partial charge >= 0.3 is 6.18 Å². The summed E-state index contributed by atoms with van der Waals surface area (Å²) in [4.78, 5) is 23.0. The predicted octanol–water partition coefficient (Wildman–Crippen LogP) is 2.91. The van der Waals surface area contributed by atoms with Crippen molar-refractivity contribution in [1.82, 2.24) is 14.8 Å². The number of Topliss-reactive ketones (excluding diaryl/α,β-unsaturated/α-hetero) is 1. The van der Waals surface area contributed by atoms with Gasteiger partial charge in [0.15, 0.2) is 10.9 Å². The van der Waals surface area contributed by atoms with Crippen LogP contribution >= 0.6 is 11.8 Å². The van der Waals surface area contributed by atoms with Crippen molar-refractivity contribution in [2.24, 2.45) is 7.05 Å². The van der Waals surface area contributed by atoms with Gasteiger partial charge in [-0.05, 0) is 18.2 Å². The second-order valence-corrected chi connectivity index (χ2v) is 5.89. The Bertz CT molecular complexity index is 820. The average Bonchev–Trinajstić information content (AvgIpc) is 2.85. The van der Waals surface area contributed by atoms with Crippen LogP contribution in [-0.2, 0) is 18.0 Å². The van der Waals surface area contributed by atoms with Gasteiger partial charge in [0.25, 0.3) is 0 Å². The van der Waals surface area contributed by atoms with E-state index in [1.54, 1.807) is 0 Å². The number of alkyl halides is 3. The largest absolute Gasteiger partial charge is 0.451 e. The fourth-order valence-electron chi connectivity index (χ4n) is 1.92. The van der Waals surface area contributed by atoms with E-state index < -0.39 is 29.5 Å². The number of nitrogens with one attached hydrogen (secondary N) is 1. The van der Waals surface area contributed by atoms with Gasteiger partial charge in [-0.1, -0.05) is 11.8 Å². The van der Waals surface area contributed by atoms with Gasteiger partial charge in [0, 0.05) is 19.7 Å². The number of amides is 1. The van der Waals surface area contributed by atoms with Gasteiger partial charge < -0.3 is 9.88 Å². The number of carbonyl (C=O) groups excluding carboxylic acids is 2. The number of ketones is 1. The number of aromatic nitrogens is 3. The highest BCUT2D eigenvalue weighted by molar-refractivity contribution is 7.99. The van der Waals surface area contributed by atoms with E-state index in [9.17, 15) is 27.2 Å². The van der Waals surface area contributed by atoms with Crippen molar-refractivity contribution in [2.75, 3.05) is 11.1 Å². The van der Waals surface area contributed by atoms with Crippen LogP contribution in [0.15, 0.2) is 23.4 Å². The molecule has 134 valence electrons. The Morgan fingerprint density at radius 2 is 1.96 bits per heavy atom. The van der Waals surface area contributed by atoms with Crippen molar-refractivity contribution in [3.63, 3.8) is 0 Å². The lowest BCUT2D eigenvalue weighted by Crippen LogP contribution is -2.13. The van der Waals surface area contributed by atoms with E-state index >= 15 is 0 Å². The molecule has 0 radical (unpaired) electrons. The highest BCUT2D eigenvalue weighted by Crippen LogP contribution is 2.29. The van der Waals surface area contributed by atoms with Crippen molar-refractivity contribution in [3.05, 3.63) is 35.4 Å². The minimum Gasteiger partial charge on any atom is -0.326 e. The third kappa shape index (κ3) is 4.56. The highest BCUT2D eigenvalue weighted by atomic mass is 32.2. The summed E-state index contributed by atoms with van der Waals surface area (Å²) in [5, 5.41) is 8.67. The van der Waals surface area contributed by atoms with Crippen LogP contribution in [0.25, 0.3) is 0 Å². The number of anilines is 1. The molecule has 11 heteroatoms. The topological polar surface area (TPSA) is 76.9 Å². The molecule has 1 N–H and O–H groups in total. The van der Waals surface area contributed by atoms with Crippen molar-refractivity contribution in [2.45, 2.75) is 18.3 Å². The summed E-state index contributed by atoms with van der Waals surface area (Å²) in [6.07, 6.45) is -4.66. The number of carbonyl (C=O) groups is 2. The zero-order chi connectivity index (χ0) is 18.8. The van der Waals surface area contributed by atoms with Crippen LogP contribution in [0.3, 0.4) is 0 Å². The molecule has 0 spiro atoms. The van der Waals surface area contributed by atoms with Crippen molar-refractivity contribution < 1.29 is 27.2 Å². The van der Waals surface area contributed by atoms with Crippen LogP contribution in [0.4, 0.5) is 23.2 Å². The third-order valence-corrected chi connectivity index (χ3v) is 4.03. The average molecular weight is 376 g/mol. The van der Waals surface area contributed by atoms with Crippen molar-refractivity contribution in [1.29, 1.82) is 0 Å². The van der Waals surface area contributed by atoms with E-state index in [0.29, 0.717) is 16.3 Å². The summed E-state index contributed by atoms with van der Waals surface area (Å²) >= 11 is 0.714. The van der Waals surface area contributed by atoms with Gasteiger partial charge in [-0.2, -0.15) is 13.2 Å². The maximum absolute atomic E-state index is 14.0. The second kappa shape index (κ2) is 7.21. The molecule has 2 aromatic rings. The first-order valence-electron chi connectivity index (χ1n) is 6.79. The first-order chi connectivity index (χ1) is 11.6. The summed E-state index contributed by atoms with van der Waals surface area (Å²) in [6.45, 7) is 1.25. The SMILES string of the molecule is CC(=O)Nc1ccc(C(=O)CSc2nnc(C(F)(F)F)n2C)c(F)c1. The molecule has 0 saturated carbocycles. The molecule has 6 nitrogen and oxygen atoms in total. The van der Waals surface area contributed by atoms with Crippen LogP contribution in [0, 0.1) is 5.82 Å². The van der Waals surface area contributed by atoms with Gasteiger partial charge in [0.1, 0.15) is 5.82 Å². The van der Waals surface area contributed by atoms with Gasteiger partial charge in [-0.3, -0.25) is 9.59 Å². The fraction of sp³-hybridized carbons (Fsp3) is 0.286. The van der Waals surface area contributed by atoms with Gasteiger partial charge in [0.2, 0.25) is 11.7 Å². The predicted molar refractivity (Wildman–Crippen MR) is 81.8 cm³/mol. The zero-order valence-corrected chi connectivity index (χ0v) is 13.8. The molecule has 0 unspecified atom stereocenters. The molecular formula is C14H12F4N4O2S. The molecule has 0 aliphatic rings. The van der Waals surface area contributed by atoms with E-state index in [2.05, 4.69) is 15.5 Å². The number of rotatable bonds is 5. The molecular weight excluding hydrogens is 364 g/mol. The number of benzene rings is 1. The first kappa shape index (κ1) is 18.9. The van der Waals surface area contributed by atoms with Gasteiger partial charge in [-0.25, -0.2) is 4.39 Å². The standard InChI is InChI=1S/C14H12F4N4O2S/c1-7(23)19-8-3-4-9(10(15)5-8)11(24)6-25-13-21-20-12(22(13)2)14(16,17)18/h3-5H,6H2,1-2H3,(H,19,23). The van der Waals surface area contributed by atoms with E-state index in [1.807, 2.05) is 0 Å². The lowest BCUT2D eigenvalue weighted by molar-refractivity contribution is -0.147. The molecule has 1 aromatic heterocycles. The number of halogens is 4. The Hall–Kier alpha value is -2.43. The number of thioether (sulfide) groups is 1. The van der Waals surface area contributed by atoms with E-state index in [4.69, 9.17) is 0 Å². The Labute approximate surface area is 143 Å². The minimum absolute atomic E-state index is 0.115. The van der Waals surface area contributed by atoms with Crippen LogP contribution in [0.2, 0.25) is 0 Å². The molecule has 0 aliphatic heterocycles. The summed E-state index contributed by atoms with van der Waals surface area (Å²) in [5.74, 6) is -3.37. The minimum atomic E-state index is -4.66. The molecule has 1 amide bonds. The number of hydrogen-bond acceptors (Lipinski definition) is 5. The smallest absolute Gasteiger partial charge is 0.326 e. The molecule has 0 atom stereocenters. The maximum Gasteiger partial charge on any atom is 0.451 e. The van der Waals surface area contributed by atoms with E-state index in [1.165, 1.54) is 19.1 Å². The van der Waals surface area contributed by atoms with Crippen LogP contribution in [0.1, 0.15) is 23.1 Å². The van der Waals surface area contributed by atoms with Crippen LogP contribution in [0.5, 0.6) is 0 Å². The third-order valence-electron chi connectivity index (χ3n) is 3.01. The lowest BCUT2D eigenvalue weighted by Gasteiger charge is -2.07. The molecule has 0 bridgehead atoms. The van der Waals surface area contributed by atoms with Gasteiger partial charge in [0.05, 0.1) is 11.3 Å². The summed E-state index contributed by atoms with van der Waals surface area (Å²) in [5.41, 5.74) is -0.0443. The van der Waals surface area contributed by atoms with Crippen molar-refractivity contribution >= 4 is 29.1 Å². The summed E-state index contributed by atoms with van der Waals surface area (Å²) in [6, 6.07) is 3.54.